The van der Waals surface area contributed by atoms with Crippen molar-refractivity contribution in [2.45, 2.75) is 19.1 Å². The molecule has 1 atom stereocenters. The first kappa shape index (κ1) is 21.9. The van der Waals surface area contributed by atoms with Gasteiger partial charge >= 0.3 is 18.1 Å². The fourth-order valence-electron chi connectivity index (χ4n) is 2.99. The Balaban J connectivity index is 1.40. The van der Waals surface area contributed by atoms with Gasteiger partial charge in [0.15, 0.2) is 0 Å². The summed E-state index contributed by atoms with van der Waals surface area (Å²) in [6.45, 7) is 1.89. The van der Waals surface area contributed by atoms with E-state index in [-0.39, 0.29) is 17.6 Å². The summed E-state index contributed by atoms with van der Waals surface area (Å²) in [6, 6.07) is 7.47. The molecular weight excluding hydrogens is 439 g/mol. The van der Waals surface area contributed by atoms with Crippen LogP contribution < -0.4 is 15.3 Å². The Morgan fingerprint density at radius 3 is 2.42 bits per heavy atom. The molecule has 0 saturated heterocycles. The summed E-state index contributed by atoms with van der Waals surface area (Å²) in [5.41, 5.74) is 1.68. The smallest absolute Gasteiger partial charge is 0.306 e. The first-order valence-electron chi connectivity index (χ1n) is 9.63. The Bertz CT molecular complexity index is 1240. The number of nitrogens with zero attached hydrogens (tertiary/aromatic N) is 5. The zero-order valence-electron chi connectivity index (χ0n) is 17.1. The monoisotopic (exact) mass is 456 g/mol. The summed E-state index contributed by atoms with van der Waals surface area (Å²) < 4.78 is 45.0. The van der Waals surface area contributed by atoms with Crippen molar-refractivity contribution >= 4 is 17.6 Å². The van der Waals surface area contributed by atoms with Gasteiger partial charge in [0.05, 0.1) is 17.4 Å². The van der Waals surface area contributed by atoms with Gasteiger partial charge in [-0.25, -0.2) is 14.8 Å². The van der Waals surface area contributed by atoms with Gasteiger partial charge in [-0.1, -0.05) is 24.3 Å². The van der Waals surface area contributed by atoms with Gasteiger partial charge in [-0.3, -0.25) is 14.8 Å². The summed E-state index contributed by atoms with van der Waals surface area (Å²) in [4.78, 5) is 23.6. The molecule has 0 bridgehead atoms. The third-order valence-corrected chi connectivity index (χ3v) is 4.73. The van der Waals surface area contributed by atoms with Crippen LogP contribution >= 0.6 is 0 Å². The van der Waals surface area contributed by atoms with Crippen LogP contribution in [0.4, 0.5) is 29.5 Å². The number of alkyl halides is 3. The molecule has 9 nitrogen and oxygen atoms in total. The highest BCUT2D eigenvalue weighted by Gasteiger charge is 2.31. The maximum atomic E-state index is 12.8. The van der Waals surface area contributed by atoms with Gasteiger partial charge in [0, 0.05) is 36.6 Å². The maximum Gasteiger partial charge on any atom is 0.417 e. The maximum absolute atomic E-state index is 12.8. The van der Waals surface area contributed by atoms with Crippen LogP contribution in [-0.2, 0) is 6.18 Å². The second-order valence-corrected chi connectivity index (χ2v) is 7.01. The van der Waals surface area contributed by atoms with Gasteiger partial charge in [0.25, 0.3) is 6.20 Å². The van der Waals surface area contributed by atoms with Gasteiger partial charge in [-0.05, 0) is 16.3 Å². The van der Waals surface area contributed by atoms with E-state index < -0.39 is 17.8 Å². The van der Waals surface area contributed by atoms with Gasteiger partial charge in [-0.2, -0.15) is 13.2 Å². The van der Waals surface area contributed by atoms with Crippen LogP contribution in [0.2, 0.25) is 0 Å². The molecule has 0 saturated carbocycles. The SMILES string of the molecule is C[C@H](c1ccc(-c2cncnc2)cc1)[n+]1cc(NC(=O)Nc2cncc(C(F)(F)F)c2)on1. The Morgan fingerprint density at radius 2 is 1.73 bits per heavy atom. The summed E-state index contributed by atoms with van der Waals surface area (Å²) in [5.74, 6) is 0.0114. The lowest BCUT2D eigenvalue weighted by atomic mass is 10.0. The predicted octanol–water partition coefficient (Wildman–Crippen LogP) is 4.09. The molecule has 0 unspecified atom stereocenters. The molecule has 2 N–H and O–H groups in total. The van der Waals surface area contributed by atoms with E-state index in [0.29, 0.717) is 6.20 Å². The van der Waals surface area contributed by atoms with Gasteiger partial charge in [0.2, 0.25) is 11.3 Å². The first-order chi connectivity index (χ1) is 15.8. The summed E-state index contributed by atoms with van der Waals surface area (Å²) in [5, 5.41) is 8.56. The van der Waals surface area contributed by atoms with Crippen molar-refractivity contribution in [2.75, 3.05) is 10.6 Å². The average molecular weight is 456 g/mol. The molecule has 12 heteroatoms. The number of hydrogen-bond acceptors (Lipinski definition) is 6. The highest BCUT2D eigenvalue weighted by molar-refractivity contribution is 5.98. The van der Waals surface area contributed by atoms with E-state index in [1.807, 2.05) is 31.2 Å². The number of pyridine rings is 1. The van der Waals surface area contributed by atoms with Crippen LogP contribution in [0, 0.1) is 0 Å². The summed E-state index contributed by atoms with van der Waals surface area (Å²) >= 11 is 0. The number of aromatic nitrogens is 5. The van der Waals surface area contributed by atoms with Crippen LogP contribution in [0.15, 0.2) is 72.2 Å². The van der Waals surface area contributed by atoms with Crippen LogP contribution in [0.25, 0.3) is 11.1 Å². The molecule has 1 aromatic carbocycles. The lowest BCUT2D eigenvalue weighted by Gasteiger charge is -2.08. The van der Waals surface area contributed by atoms with Crippen LogP contribution in [0.5, 0.6) is 0 Å². The minimum atomic E-state index is -4.57. The number of nitrogens with one attached hydrogen (secondary N) is 2. The number of benzene rings is 1. The molecule has 3 heterocycles. The lowest BCUT2D eigenvalue weighted by molar-refractivity contribution is -0.774. The first-order valence-corrected chi connectivity index (χ1v) is 9.63. The molecule has 0 aliphatic heterocycles. The van der Waals surface area contributed by atoms with Crippen LogP contribution in [0.1, 0.15) is 24.1 Å². The molecule has 3 aromatic heterocycles. The molecule has 0 aliphatic carbocycles. The number of carbonyl (C=O) groups is 1. The second kappa shape index (κ2) is 9.02. The molecule has 0 spiro atoms. The van der Waals surface area contributed by atoms with Crippen molar-refractivity contribution in [3.63, 3.8) is 0 Å². The topological polar surface area (TPSA) is 110 Å². The molecule has 4 aromatic rings. The Kier molecular flexibility index (Phi) is 5.98. The predicted molar refractivity (Wildman–Crippen MR) is 110 cm³/mol. The molecule has 33 heavy (non-hydrogen) atoms. The summed E-state index contributed by atoms with van der Waals surface area (Å²) in [7, 11) is 0. The molecule has 0 fully saturated rings. The number of rotatable bonds is 5. The largest absolute Gasteiger partial charge is 0.417 e. The minimum absolute atomic E-state index is 0.0114. The van der Waals surface area contributed by atoms with Crippen molar-refractivity contribution in [1.82, 2.24) is 20.2 Å². The van der Waals surface area contributed by atoms with Crippen molar-refractivity contribution in [3.05, 3.63) is 78.8 Å². The fourth-order valence-corrected chi connectivity index (χ4v) is 2.99. The van der Waals surface area contributed by atoms with Crippen molar-refractivity contribution in [3.8, 4) is 11.1 Å². The zero-order chi connectivity index (χ0) is 23.4. The number of urea groups is 1. The third-order valence-electron chi connectivity index (χ3n) is 4.73. The van der Waals surface area contributed by atoms with E-state index in [2.05, 4.69) is 30.9 Å². The minimum Gasteiger partial charge on any atom is -0.306 e. The molecule has 4 rings (SSSR count). The Morgan fingerprint density at radius 1 is 1.00 bits per heavy atom. The van der Waals surface area contributed by atoms with E-state index in [4.69, 9.17) is 4.52 Å². The average Bonchev–Trinajstić information content (AvgIpc) is 3.27. The number of amides is 2. The third kappa shape index (κ3) is 5.29. The van der Waals surface area contributed by atoms with E-state index in [0.717, 1.165) is 29.0 Å². The standard InChI is InChI=1S/C21H16F3N7O2/c1-13(14-2-4-15(5-3-14)16-7-26-12-27-8-16)31-11-19(33-30-31)29-20(32)28-18-6-17(9-25-10-18)21(22,23)24/h2-13H,1H3,(H-,28,29,30,32)/p+1/t13-/m1/s1. The highest BCUT2D eigenvalue weighted by Crippen LogP contribution is 2.30. The van der Waals surface area contributed by atoms with Crippen molar-refractivity contribution in [1.29, 1.82) is 0 Å². The van der Waals surface area contributed by atoms with E-state index in [9.17, 15) is 18.0 Å². The van der Waals surface area contributed by atoms with Gasteiger partial charge in [-0.15, -0.1) is 0 Å². The Hall–Kier alpha value is -4.35. The number of hydrogen-bond donors (Lipinski definition) is 2. The molecule has 0 radical (unpaired) electrons. The van der Waals surface area contributed by atoms with Gasteiger partial charge in [0.1, 0.15) is 6.33 Å². The number of carbonyl (C=O) groups excluding carboxylic acids is 1. The Labute approximate surface area is 185 Å². The van der Waals surface area contributed by atoms with E-state index >= 15 is 0 Å². The number of anilines is 2. The van der Waals surface area contributed by atoms with Crippen LogP contribution in [0.3, 0.4) is 0 Å². The van der Waals surface area contributed by atoms with Crippen molar-refractivity contribution < 1.29 is 27.2 Å². The van der Waals surface area contributed by atoms with Crippen molar-refractivity contribution in [2.24, 2.45) is 0 Å². The molecule has 168 valence electrons. The quantitative estimate of drug-likeness (QED) is 0.438. The van der Waals surface area contributed by atoms with E-state index in [1.54, 1.807) is 12.4 Å². The number of halogens is 3. The normalized spacial score (nSPS) is 12.2. The molecular formula is C21H17F3N7O2+. The van der Waals surface area contributed by atoms with Gasteiger partial charge < -0.3 is 5.32 Å². The highest BCUT2D eigenvalue weighted by atomic mass is 19.4. The van der Waals surface area contributed by atoms with E-state index in [1.165, 1.54) is 17.2 Å². The zero-order valence-corrected chi connectivity index (χ0v) is 17.1. The fraction of sp³-hybridized carbons (Fsp3) is 0.143. The molecule has 0 aliphatic rings. The van der Waals surface area contributed by atoms with Crippen LogP contribution in [-0.4, -0.2) is 26.3 Å². The lowest BCUT2D eigenvalue weighted by Crippen LogP contribution is -2.39. The second-order valence-electron chi connectivity index (χ2n) is 7.01. The molecule has 2 amide bonds. The summed E-state index contributed by atoms with van der Waals surface area (Å²) in [6.07, 6.45) is 3.57.